The third-order valence-electron chi connectivity index (χ3n) is 6.87. The fraction of sp³-hybridized carbons (Fsp3) is 0.393. The van der Waals surface area contributed by atoms with Gasteiger partial charge in [0.2, 0.25) is 0 Å². The molecule has 38 heavy (non-hydrogen) atoms. The van der Waals surface area contributed by atoms with Crippen molar-refractivity contribution in [1.29, 1.82) is 0 Å². The second kappa shape index (κ2) is 9.04. The maximum atomic E-state index is 13.7. The minimum absolute atomic E-state index is 0.220. The van der Waals surface area contributed by atoms with Crippen LogP contribution in [0.25, 0.3) is 16.9 Å². The highest BCUT2D eigenvalue weighted by Crippen LogP contribution is 2.31. The maximum absolute atomic E-state index is 13.7. The molecule has 1 saturated heterocycles. The van der Waals surface area contributed by atoms with Gasteiger partial charge in [-0.1, -0.05) is 25.9 Å². The molecule has 1 aromatic carbocycles. The Kier molecular flexibility index (Phi) is 6.08. The van der Waals surface area contributed by atoms with Crippen LogP contribution in [0.5, 0.6) is 0 Å². The van der Waals surface area contributed by atoms with Crippen molar-refractivity contribution < 1.29 is 18.5 Å². The smallest absolute Gasteiger partial charge is 0.276 e. The lowest BCUT2D eigenvalue weighted by atomic mass is 9.87. The van der Waals surface area contributed by atoms with Gasteiger partial charge in [-0.25, -0.2) is 13.9 Å². The molecule has 0 radical (unpaired) electrons. The van der Waals surface area contributed by atoms with Gasteiger partial charge < -0.3 is 14.3 Å². The van der Waals surface area contributed by atoms with E-state index >= 15 is 0 Å². The first-order chi connectivity index (χ1) is 17.8. The van der Waals surface area contributed by atoms with E-state index in [0.29, 0.717) is 36.7 Å². The zero-order valence-electron chi connectivity index (χ0n) is 22.4. The zero-order valence-corrected chi connectivity index (χ0v) is 22.4. The molecule has 0 atom stereocenters. The first-order valence-corrected chi connectivity index (χ1v) is 12.5. The molecule has 0 saturated carbocycles. The first-order valence-electron chi connectivity index (χ1n) is 12.5. The molecule has 3 aromatic heterocycles. The molecule has 198 valence electrons. The van der Waals surface area contributed by atoms with Gasteiger partial charge in [0.1, 0.15) is 17.3 Å². The van der Waals surface area contributed by atoms with Crippen LogP contribution in [0.2, 0.25) is 0 Å². The van der Waals surface area contributed by atoms with Crippen LogP contribution in [0.1, 0.15) is 66.9 Å². The highest BCUT2D eigenvalue weighted by molar-refractivity contribution is 5.95. The molecule has 4 aromatic rings. The van der Waals surface area contributed by atoms with E-state index in [-0.39, 0.29) is 34.4 Å². The molecule has 5 rings (SSSR count). The summed E-state index contributed by atoms with van der Waals surface area (Å²) in [5.74, 6) is -0.198. The van der Waals surface area contributed by atoms with E-state index in [1.807, 2.05) is 19.9 Å². The molecular formula is C28H31FN6O3. The summed E-state index contributed by atoms with van der Waals surface area (Å²) in [6, 6.07) is 9.73. The standard InChI is InChI=1S/C28H31FN6O3/c1-17-13-22(32-38-17)25(36)33-11-12-34(28(5,6)16-33)26(37)23-15-35-24(30-23)20(27(2,3)4)14-21(31-35)18-7-9-19(29)10-8-18/h7-10,13-15H,11-12,16H2,1-6H3. The molecular weight excluding hydrogens is 487 g/mol. The predicted octanol–water partition coefficient (Wildman–Crippen LogP) is 4.51. The summed E-state index contributed by atoms with van der Waals surface area (Å²) in [7, 11) is 0. The topological polar surface area (TPSA) is 96.8 Å². The number of hydrogen-bond acceptors (Lipinski definition) is 6. The van der Waals surface area contributed by atoms with Gasteiger partial charge in [0.15, 0.2) is 11.3 Å². The number of imidazole rings is 1. The van der Waals surface area contributed by atoms with Gasteiger partial charge in [-0.2, -0.15) is 5.10 Å². The number of aryl methyl sites for hydroxylation is 1. The van der Waals surface area contributed by atoms with Gasteiger partial charge >= 0.3 is 0 Å². The second-order valence-corrected chi connectivity index (χ2v) is 11.4. The SMILES string of the molecule is Cc1cc(C(=O)N2CCN(C(=O)c3cn4nc(-c5ccc(F)cc5)cc(C(C)(C)C)c4n3)C(C)(C)C2)no1. The van der Waals surface area contributed by atoms with Crippen molar-refractivity contribution in [2.45, 2.75) is 52.5 Å². The van der Waals surface area contributed by atoms with Crippen LogP contribution in [-0.2, 0) is 5.41 Å². The number of hydrogen-bond donors (Lipinski definition) is 0. The second-order valence-electron chi connectivity index (χ2n) is 11.4. The number of amides is 2. The minimum atomic E-state index is -0.640. The number of nitrogens with zero attached hydrogens (tertiary/aromatic N) is 6. The number of carbonyl (C=O) groups excluding carboxylic acids is 2. The summed E-state index contributed by atoms with van der Waals surface area (Å²) in [5, 5.41) is 8.54. The lowest BCUT2D eigenvalue weighted by Crippen LogP contribution is -2.62. The summed E-state index contributed by atoms with van der Waals surface area (Å²) in [6.45, 7) is 12.9. The fourth-order valence-electron chi connectivity index (χ4n) is 4.87. The van der Waals surface area contributed by atoms with Crippen molar-refractivity contribution in [3.8, 4) is 11.3 Å². The average Bonchev–Trinajstić information content (AvgIpc) is 3.48. The summed E-state index contributed by atoms with van der Waals surface area (Å²) in [4.78, 5) is 34.8. The van der Waals surface area contributed by atoms with Crippen molar-refractivity contribution >= 4 is 17.5 Å². The number of aromatic nitrogens is 4. The molecule has 1 aliphatic rings. The van der Waals surface area contributed by atoms with E-state index in [1.165, 1.54) is 12.1 Å². The normalized spacial score (nSPS) is 15.8. The highest BCUT2D eigenvalue weighted by atomic mass is 19.1. The van der Waals surface area contributed by atoms with Crippen LogP contribution in [-0.4, -0.2) is 66.5 Å². The summed E-state index contributed by atoms with van der Waals surface area (Å²) < 4.78 is 20.2. The van der Waals surface area contributed by atoms with Crippen molar-refractivity contribution in [1.82, 2.24) is 29.6 Å². The molecule has 4 heterocycles. The van der Waals surface area contributed by atoms with Crippen LogP contribution in [0.15, 0.2) is 47.1 Å². The Labute approximate surface area is 220 Å². The highest BCUT2D eigenvalue weighted by Gasteiger charge is 2.40. The molecule has 0 bridgehead atoms. The fourth-order valence-corrected chi connectivity index (χ4v) is 4.87. The minimum Gasteiger partial charge on any atom is -0.361 e. The lowest BCUT2D eigenvalue weighted by molar-refractivity contribution is 0.0161. The van der Waals surface area contributed by atoms with Gasteiger partial charge in [-0.3, -0.25) is 9.59 Å². The predicted molar refractivity (Wildman–Crippen MR) is 139 cm³/mol. The Morgan fingerprint density at radius 3 is 2.34 bits per heavy atom. The molecule has 2 amide bonds. The number of rotatable bonds is 3. The van der Waals surface area contributed by atoms with Crippen molar-refractivity contribution in [2.24, 2.45) is 0 Å². The van der Waals surface area contributed by atoms with Crippen LogP contribution >= 0.6 is 0 Å². The maximum Gasteiger partial charge on any atom is 0.276 e. The van der Waals surface area contributed by atoms with E-state index in [9.17, 15) is 14.0 Å². The summed E-state index contributed by atoms with van der Waals surface area (Å²) in [6.07, 6.45) is 1.64. The van der Waals surface area contributed by atoms with Crippen LogP contribution in [0, 0.1) is 12.7 Å². The monoisotopic (exact) mass is 518 g/mol. The van der Waals surface area contributed by atoms with Gasteiger partial charge in [-0.15, -0.1) is 0 Å². The Morgan fingerprint density at radius 2 is 1.74 bits per heavy atom. The number of halogens is 1. The number of benzene rings is 1. The average molecular weight is 519 g/mol. The zero-order chi connectivity index (χ0) is 27.4. The number of fused-ring (bicyclic) bond motifs is 1. The quantitative estimate of drug-likeness (QED) is 0.396. The Bertz CT molecular complexity index is 1530. The van der Waals surface area contributed by atoms with Crippen LogP contribution in [0.4, 0.5) is 4.39 Å². The third-order valence-corrected chi connectivity index (χ3v) is 6.87. The first kappa shape index (κ1) is 25.6. The van der Waals surface area contributed by atoms with Crippen molar-refractivity contribution in [3.05, 3.63) is 71.1 Å². The van der Waals surface area contributed by atoms with E-state index in [2.05, 4.69) is 25.9 Å². The largest absolute Gasteiger partial charge is 0.361 e. The number of carbonyl (C=O) groups is 2. The van der Waals surface area contributed by atoms with Crippen molar-refractivity contribution in [3.63, 3.8) is 0 Å². The van der Waals surface area contributed by atoms with Gasteiger partial charge in [0.25, 0.3) is 11.8 Å². The van der Waals surface area contributed by atoms with Crippen LogP contribution in [0.3, 0.4) is 0 Å². The molecule has 1 aliphatic heterocycles. The molecule has 0 spiro atoms. The van der Waals surface area contributed by atoms with Gasteiger partial charge in [0.05, 0.1) is 17.4 Å². The lowest BCUT2D eigenvalue weighted by Gasteiger charge is -2.46. The molecule has 9 nitrogen and oxygen atoms in total. The third kappa shape index (κ3) is 4.66. The molecule has 0 N–H and O–H groups in total. The number of piperazine rings is 1. The van der Waals surface area contributed by atoms with Crippen molar-refractivity contribution in [2.75, 3.05) is 19.6 Å². The van der Waals surface area contributed by atoms with E-state index in [4.69, 9.17) is 14.6 Å². The van der Waals surface area contributed by atoms with Gasteiger partial charge in [-0.05, 0) is 56.5 Å². The summed E-state index contributed by atoms with van der Waals surface area (Å²) in [5.41, 5.74) is 2.56. The Hall–Kier alpha value is -4.08. The molecule has 10 heteroatoms. The van der Waals surface area contributed by atoms with Crippen LogP contribution < -0.4 is 0 Å². The molecule has 1 fully saturated rings. The Balaban J connectivity index is 1.46. The Morgan fingerprint density at radius 1 is 1.03 bits per heavy atom. The van der Waals surface area contributed by atoms with E-state index in [0.717, 1.165) is 11.1 Å². The summed E-state index contributed by atoms with van der Waals surface area (Å²) >= 11 is 0. The van der Waals surface area contributed by atoms with Gasteiger partial charge in [0, 0.05) is 36.8 Å². The van der Waals surface area contributed by atoms with E-state index < -0.39 is 5.54 Å². The van der Waals surface area contributed by atoms with E-state index in [1.54, 1.807) is 45.6 Å². The molecule has 0 aliphatic carbocycles. The molecule has 0 unspecified atom stereocenters.